The van der Waals surface area contributed by atoms with E-state index in [1.807, 2.05) is 0 Å². The number of rotatable bonds is 26. The summed E-state index contributed by atoms with van der Waals surface area (Å²) in [4.78, 5) is 0. The zero-order valence-electron chi connectivity index (χ0n) is 43.3. The zero-order chi connectivity index (χ0) is 46.6. The van der Waals surface area contributed by atoms with Crippen molar-refractivity contribution in [3.63, 3.8) is 0 Å². The van der Waals surface area contributed by atoms with E-state index in [1.54, 1.807) is 0 Å². The molecular formula is C39H96O11Si9. The fourth-order valence-corrected chi connectivity index (χ4v) is 14.9. The van der Waals surface area contributed by atoms with E-state index in [9.17, 15) is 0 Å². The minimum absolute atomic E-state index is 0.343. The molecule has 11 nitrogen and oxygen atoms in total. The highest BCUT2D eigenvalue weighted by Gasteiger charge is 2.55. The Balaban J connectivity index is 4.43. The molecule has 1 rings (SSSR count). The van der Waals surface area contributed by atoms with Gasteiger partial charge in [-0.1, -0.05) is 0 Å². The highest BCUT2D eigenvalue weighted by atomic mass is 28.4. The third-order valence-electron chi connectivity index (χ3n) is 7.95. The van der Waals surface area contributed by atoms with Crippen LogP contribution < -0.4 is 0 Å². The van der Waals surface area contributed by atoms with Crippen molar-refractivity contribution >= 4 is 74.9 Å². The minimum Gasteiger partial charge on any atom is -0.415 e. The lowest BCUT2D eigenvalue weighted by molar-refractivity contribution is -0.317. The fourth-order valence-electron chi connectivity index (χ4n) is 6.34. The third-order valence-corrected chi connectivity index (χ3v) is 17.0. The monoisotopic (exact) mass is 992 g/mol. The Morgan fingerprint density at radius 1 is 0.356 bits per heavy atom. The Morgan fingerprint density at radius 3 is 1.03 bits per heavy atom. The average Bonchev–Trinajstić information content (AvgIpc) is 2.92. The molecule has 1 heterocycles. The van der Waals surface area contributed by atoms with E-state index < -0.39 is 130 Å². The van der Waals surface area contributed by atoms with Crippen LogP contribution in [0, 0.1) is 0 Å². The summed E-state index contributed by atoms with van der Waals surface area (Å²) in [5.74, 6) is 0. The highest BCUT2D eigenvalue weighted by molar-refractivity contribution is 6.72. The molecule has 1 fully saturated rings. The lowest BCUT2D eigenvalue weighted by Gasteiger charge is -2.52. The van der Waals surface area contributed by atoms with Crippen molar-refractivity contribution < 1.29 is 49.3 Å². The molecule has 1 saturated heterocycles. The number of hydrogen-bond donors (Lipinski definition) is 0. The van der Waals surface area contributed by atoms with Gasteiger partial charge in [-0.05, 0) is 177 Å². The van der Waals surface area contributed by atoms with Crippen molar-refractivity contribution in [3.05, 3.63) is 0 Å². The Bertz CT molecular complexity index is 1240. The van der Waals surface area contributed by atoms with Gasteiger partial charge in [0, 0.05) is 0 Å². The third kappa shape index (κ3) is 26.9. The number of hydrogen-bond acceptors (Lipinski definition) is 11. The van der Waals surface area contributed by atoms with Crippen LogP contribution in [-0.2, 0) is 49.3 Å². The molecule has 9 unspecified atom stereocenters. The van der Waals surface area contributed by atoms with Gasteiger partial charge in [-0.15, -0.1) is 0 Å². The van der Waals surface area contributed by atoms with Crippen molar-refractivity contribution in [1.82, 2.24) is 0 Å². The second-order valence-electron chi connectivity index (χ2n) is 25.2. The van der Waals surface area contributed by atoms with E-state index in [1.165, 1.54) is 0 Å². The molecule has 0 amide bonds. The number of ether oxygens (including phenoxy) is 2. The van der Waals surface area contributed by atoms with Crippen LogP contribution in [-0.4, -0.2) is 150 Å². The molecule has 0 aromatic rings. The first kappa shape index (κ1) is 58.5. The summed E-state index contributed by atoms with van der Waals surface area (Å²) in [6.45, 7) is 61.0. The van der Waals surface area contributed by atoms with Gasteiger partial charge in [-0.25, -0.2) is 0 Å². The normalized spacial score (nSPS) is 24.6. The van der Waals surface area contributed by atoms with E-state index in [-0.39, 0.29) is 0 Å². The highest BCUT2D eigenvalue weighted by Crippen LogP contribution is 2.37. The van der Waals surface area contributed by atoms with E-state index in [4.69, 9.17) is 49.3 Å². The molecule has 59 heavy (non-hydrogen) atoms. The molecule has 9 atom stereocenters. The van der Waals surface area contributed by atoms with Gasteiger partial charge in [0.15, 0.2) is 81.1 Å². The van der Waals surface area contributed by atoms with Crippen LogP contribution >= 0.6 is 0 Å². The summed E-state index contributed by atoms with van der Waals surface area (Å²) < 4.78 is 78.6. The maximum atomic E-state index is 7.69. The lowest BCUT2D eigenvalue weighted by Crippen LogP contribution is -2.68. The molecule has 0 spiro atoms. The molecule has 0 bridgehead atoms. The standard InChI is InChI=1S/C39H96O11Si9/c1-51(2,3)40-28-31-35(47-56(16,17)18)37(49-58(22,23)24)38(50-59(25,26)27)39(43-31)44-34(32(45-54(10,11)12)29-41-52(4,5)6)36(48-57(19,20)21)33(46-55(13,14)15)30-42-53(7,8)9/h31-39H,28-30H2,1-27H3. The van der Waals surface area contributed by atoms with Crippen LogP contribution in [0.4, 0.5) is 0 Å². The minimum atomic E-state index is -2.29. The SMILES string of the molecule is C[Si](C)(C)OCC(O[Si](C)(C)C)C(OC1OC(CO[Si](C)(C)C)C(O[Si](C)(C)C)C(O[Si](C)(C)C)C1O[Si](C)(C)C)C(O[Si](C)(C)C)C(CO[Si](C)(C)C)O[Si](C)(C)C. The van der Waals surface area contributed by atoms with Gasteiger partial charge in [0.1, 0.15) is 36.6 Å². The van der Waals surface area contributed by atoms with Crippen LogP contribution in [0.2, 0.25) is 177 Å². The maximum absolute atomic E-state index is 7.69. The quantitative estimate of drug-likeness (QED) is 0.0774. The second kappa shape index (κ2) is 21.9. The summed E-state index contributed by atoms with van der Waals surface area (Å²) in [6.07, 6.45) is -5.04. The Labute approximate surface area is 373 Å². The Kier molecular flexibility index (Phi) is 21.7. The second-order valence-corrected chi connectivity index (χ2v) is 65.5. The van der Waals surface area contributed by atoms with Crippen LogP contribution in [0.3, 0.4) is 0 Å². The molecule has 0 saturated carbocycles. The van der Waals surface area contributed by atoms with Gasteiger partial charge in [0.25, 0.3) is 0 Å². The van der Waals surface area contributed by atoms with Crippen molar-refractivity contribution in [1.29, 1.82) is 0 Å². The van der Waals surface area contributed by atoms with E-state index in [2.05, 4.69) is 177 Å². The predicted octanol–water partition coefficient (Wildman–Crippen LogP) is 11.0. The first-order valence-corrected chi connectivity index (χ1v) is 52.8. The van der Waals surface area contributed by atoms with Gasteiger partial charge < -0.3 is 49.3 Å². The van der Waals surface area contributed by atoms with E-state index in [0.717, 1.165) is 0 Å². The fraction of sp³-hybridized carbons (Fsp3) is 1.00. The smallest absolute Gasteiger partial charge is 0.186 e. The van der Waals surface area contributed by atoms with Crippen molar-refractivity contribution in [2.75, 3.05) is 19.8 Å². The van der Waals surface area contributed by atoms with Gasteiger partial charge in [0.05, 0.1) is 32.0 Å². The molecule has 0 N–H and O–H groups in total. The summed E-state index contributed by atoms with van der Waals surface area (Å²) in [6, 6.07) is 0. The zero-order valence-corrected chi connectivity index (χ0v) is 52.3. The summed E-state index contributed by atoms with van der Waals surface area (Å²) in [5, 5.41) is 0. The topological polar surface area (TPSA) is 102 Å². The molecule has 20 heteroatoms. The average molecular weight is 994 g/mol. The van der Waals surface area contributed by atoms with Gasteiger partial charge >= 0.3 is 0 Å². The molecule has 0 aromatic carbocycles. The molecule has 354 valence electrons. The summed E-state index contributed by atoms with van der Waals surface area (Å²) in [5.41, 5.74) is 0. The maximum Gasteiger partial charge on any atom is 0.186 e. The summed E-state index contributed by atoms with van der Waals surface area (Å²) >= 11 is 0. The molecule has 0 aromatic heterocycles. The van der Waals surface area contributed by atoms with Crippen molar-refractivity contribution in [3.8, 4) is 0 Å². The van der Waals surface area contributed by atoms with E-state index in [0.29, 0.717) is 19.8 Å². The first-order valence-electron chi connectivity index (χ1n) is 22.1. The first-order chi connectivity index (χ1) is 25.8. The molecular weight excluding hydrogens is 897 g/mol. The molecule has 1 aliphatic heterocycles. The Morgan fingerprint density at radius 2 is 0.695 bits per heavy atom. The molecule has 1 aliphatic rings. The summed E-state index contributed by atoms with van der Waals surface area (Å²) in [7, 11) is -19.3. The van der Waals surface area contributed by atoms with Gasteiger partial charge in [-0.3, -0.25) is 0 Å². The van der Waals surface area contributed by atoms with E-state index >= 15 is 0 Å². The largest absolute Gasteiger partial charge is 0.415 e. The van der Waals surface area contributed by atoms with Gasteiger partial charge in [-0.2, -0.15) is 0 Å². The van der Waals surface area contributed by atoms with Crippen LogP contribution in [0.5, 0.6) is 0 Å². The van der Waals surface area contributed by atoms with Gasteiger partial charge in [0.2, 0.25) is 0 Å². The lowest BCUT2D eigenvalue weighted by atomic mass is 9.98. The molecule has 0 aliphatic carbocycles. The Hall–Kier alpha value is 1.51. The van der Waals surface area contributed by atoms with Crippen LogP contribution in [0.25, 0.3) is 0 Å². The van der Waals surface area contributed by atoms with Crippen LogP contribution in [0.1, 0.15) is 0 Å². The van der Waals surface area contributed by atoms with Crippen molar-refractivity contribution in [2.24, 2.45) is 0 Å². The predicted molar refractivity (Wildman–Crippen MR) is 271 cm³/mol. The van der Waals surface area contributed by atoms with Crippen LogP contribution in [0.15, 0.2) is 0 Å². The van der Waals surface area contributed by atoms with Crippen molar-refractivity contribution in [2.45, 2.75) is 232 Å². The molecule has 0 radical (unpaired) electrons.